The first-order chi connectivity index (χ1) is 13.7. The van der Waals surface area contributed by atoms with Crippen molar-refractivity contribution in [3.63, 3.8) is 0 Å². The summed E-state index contributed by atoms with van der Waals surface area (Å²) in [5, 5.41) is 8.85. The van der Waals surface area contributed by atoms with Crippen LogP contribution in [0.2, 0.25) is 0 Å². The minimum Gasteiger partial charge on any atom is -0.482 e. The second-order valence-corrected chi connectivity index (χ2v) is 6.45. The smallest absolute Gasteiger partial charge is 0.274 e. The molecule has 1 aliphatic heterocycles. The number of amides is 2. The van der Waals surface area contributed by atoms with Crippen LogP contribution in [-0.2, 0) is 11.3 Å². The van der Waals surface area contributed by atoms with E-state index in [1.54, 1.807) is 16.4 Å². The van der Waals surface area contributed by atoms with Gasteiger partial charge in [-0.25, -0.2) is 5.48 Å². The predicted octanol–water partition coefficient (Wildman–Crippen LogP) is 3.40. The van der Waals surface area contributed by atoms with Crippen LogP contribution in [0.1, 0.15) is 15.9 Å². The van der Waals surface area contributed by atoms with Crippen LogP contribution >= 0.6 is 0 Å². The first kappa shape index (κ1) is 17.8. The van der Waals surface area contributed by atoms with Gasteiger partial charge in [0, 0.05) is 5.56 Å². The molecule has 2 N–H and O–H groups in total. The molecule has 3 aromatic rings. The van der Waals surface area contributed by atoms with Gasteiger partial charge in [-0.15, -0.1) is 0 Å². The van der Waals surface area contributed by atoms with E-state index in [1.807, 2.05) is 54.6 Å². The second kappa shape index (κ2) is 7.54. The van der Waals surface area contributed by atoms with Crippen LogP contribution in [0.3, 0.4) is 0 Å². The summed E-state index contributed by atoms with van der Waals surface area (Å²) in [6.07, 6.45) is 0. The quantitative estimate of drug-likeness (QED) is 0.542. The maximum atomic E-state index is 12.5. The van der Waals surface area contributed by atoms with E-state index in [9.17, 15) is 9.59 Å². The number of nitrogens with one attached hydrogen (secondary N) is 1. The molecule has 0 spiro atoms. The van der Waals surface area contributed by atoms with Crippen LogP contribution in [0.15, 0.2) is 72.8 Å². The van der Waals surface area contributed by atoms with Gasteiger partial charge in [0.2, 0.25) is 0 Å². The molecule has 1 aliphatic rings. The first-order valence-corrected chi connectivity index (χ1v) is 8.82. The van der Waals surface area contributed by atoms with Crippen molar-refractivity contribution < 1.29 is 19.5 Å². The van der Waals surface area contributed by atoms with Crippen molar-refractivity contribution in [3.8, 4) is 16.9 Å². The largest absolute Gasteiger partial charge is 0.482 e. The summed E-state index contributed by atoms with van der Waals surface area (Å²) in [4.78, 5) is 25.8. The Hall–Kier alpha value is -3.64. The number of hydroxylamine groups is 1. The molecule has 0 aromatic heterocycles. The molecular weight excluding hydrogens is 356 g/mol. The molecule has 4 rings (SSSR count). The molecule has 0 radical (unpaired) electrons. The highest BCUT2D eigenvalue weighted by molar-refractivity contribution is 6.01. The Morgan fingerprint density at radius 3 is 2.43 bits per heavy atom. The third kappa shape index (κ3) is 3.45. The molecule has 2 amide bonds. The lowest BCUT2D eigenvalue weighted by Crippen LogP contribution is -2.38. The molecule has 3 aromatic carbocycles. The number of hydrogen-bond donors (Lipinski definition) is 2. The zero-order chi connectivity index (χ0) is 19.5. The fraction of sp³-hybridized carbons (Fsp3) is 0.0909. The van der Waals surface area contributed by atoms with E-state index in [-0.39, 0.29) is 18.1 Å². The van der Waals surface area contributed by atoms with Gasteiger partial charge in [0.15, 0.2) is 6.61 Å². The fourth-order valence-electron chi connectivity index (χ4n) is 3.20. The number of benzene rings is 3. The highest BCUT2D eigenvalue weighted by atomic mass is 16.5. The zero-order valence-electron chi connectivity index (χ0n) is 15.0. The molecule has 28 heavy (non-hydrogen) atoms. The predicted molar refractivity (Wildman–Crippen MR) is 104 cm³/mol. The van der Waals surface area contributed by atoms with Crippen molar-refractivity contribution in [2.24, 2.45) is 0 Å². The number of carbonyl (C=O) groups excluding carboxylic acids is 2. The number of rotatable bonds is 4. The maximum absolute atomic E-state index is 12.5. The molecule has 6 heteroatoms. The highest BCUT2D eigenvalue weighted by Crippen LogP contribution is 2.34. The summed E-state index contributed by atoms with van der Waals surface area (Å²) in [6, 6.07) is 22.8. The third-order valence-corrected chi connectivity index (χ3v) is 4.67. The van der Waals surface area contributed by atoms with Gasteiger partial charge in [0.05, 0.1) is 12.2 Å². The molecule has 1 heterocycles. The highest BCUT2D eigenvalue weighted by Gasteiger charge is 2.26. The summed E-state index contributed by atoms with van der Waals surface area (Å²) in [6.45, 7) is 0.301. The summed E-state index contributed by atoms with van der Waals surface area (Å²) in [7, 11) is 0. The van der Waals surface area contributed by atoms with Crippen molar-refractivity contribution in [1.29, 1.82) is 0 Å². The number of hydrogen-bond acceptors (Lipinski definition) is 4. The molecule has 0 saturated carbocycles. The molecule has 0 atom stereocenters. The molecule has 0 saturated heterocycles. The summed E-state index contributed by atoms with van der Waals surface area (Å²) >= 11 is 0. The minimum absolute atomic E-state index is 0.0549. The Balaban J connectivity index is 1.61. The van der Waals surface area contributed by atoms with Gasteiger partial charge in [-0.1, -0.05) is 54.6 Å². The number of fused-ring (bicyclic) bond motifs is 1. The number of ether oxygens (including phenoxy) is 1. The number of nitrogens with zero attached hydrogens (tertiary/aromatic N) is 1. The van der Waals surface area contributed by atoms with E-state index in [0.29, 0.717) is 18.0 Å². The Morgan fingerprint density at radius 1 is 1.00 bits per heavy atom. The van der Waals surface area contributed by atoms with Gasteiger partial charge in [-0.2, -0.15) is 0 Å². The van der Waals surface area contributed by atoms with Crippen molar-refractivity contribution in [2.75, 3.05) is 11.5 Å². The molecule has 140 valence electrons. The normalized spacial score (nSPS) is 12.9. The van der Waals surface area contributed by atoms with Crippen molar-refractivity contribution >= 4 is 17.5 Å². The zero-order valence-corrected chi connectivity index (χ0v) is 15.0. The van der Waals surface area contributed by atoms with Gasteiger partial charge in [-0.05, 0) is 34.9 Å². The van der Waals surface area contributed by atoms with Crippen molar-refractivity contribution in [3.05, 3.63) is 83.9 Å². The molecule has 0 aliphatic carbocycles. The van der Waals surface area contributed by atoms with Crippen LogP contribution in [0.25, 0.3) is 11.1 Å². The maximum Gasteiger partial charge on any atom is 0.274 e. The average molecular weight is 374 g/mol. The topological polar surface area (TPSA) is 78.9 Å². The van der Waals surface area contributed by atoms with E-state index in [4.69, 9.17) is 9.94 Å². The summed E-state index contributed by atoms with van der Waals surface area (Å²) in [5.74, 6) is -0.316. The van der Waals surface area contributed by atoms with E-state index in [0.717, 1.165) is 16.7 Å². The van der Waals surface area contributed by atoms with E-state index in [2.05, 4.69) is 0 Å². The molecular formula is C22H18N2O4. The van der Waals surface area contributed by atoms with Crippen LogP contribution in [0, 0.1) is 0 Å². The lowest BCUT2D eigenvalue weighted by molar-refractivity contribution is -0.121. The monoisotopic (exact) mass is 374 g/mol. The lowest BCUT2D eigenvalue weighted by Gasteiger charge is -2.29. The van der Waals surface area contributed by atoms with Crippen LogP contribution < -0.4 is 15.1 Å². The van der Waals surface area contributed by atoms with Crippen molar-refractivity contribution in [1.82, 2.24) is 5.48 Å². The summed E-state index contributed by atoms with van der Waals surface area (Å²) in [5.41, 5.74) is 5.53. The third-order valence-electron chi connectivity index (χ3n) is 4.67. The van der Waals surface area contributed by atoms with Crippen molar-refractivity contribution in [2.45, 2.75) is 6.54 Å². The second-order valence-electron chi connectivity index (χ2n) is 6.45. The SMILES string of the molecule is O=C(NO)c1ccc2c(c1)N(Cc1ccc(-c3ccccc3)cc1)C(=O)CO2. The number of carbonyl (C=O) groups is 2. The van der Waals surface area contributed by atoms with Crippen LogP contribution in [0.5, 0.6) is 5.75 Å². The van der Waals surface area contributed by atoms with Crippen LogP contribution in [0.4, 0.5) is 5.69 Å². The molecule has 0 bridgehead atoms. The van der Waals surface area contributed by atoms with E-state index < -0.39 is 5.91 Å². The standard InChI is InChI=1S/C22H18N2O4/c25-21-14-28-20-11-10-18(22(26)23-27)12-19(20)24(21)13-15-6-8-17(9-7-15)16-4-2-1-3-5-16/h1-12,27H,13-14H2,(H,23,26). The molecule has 0 unspecified atom stereocenters. The first-order valence-electron chi connectivity index (χ1n) is 8.82. The van der Waals surface area contributed by atoms with Gasteiger partial charge in [0.25, 0.3) is 11.8 Å². The average Bonchev–Trinajstić information content (AvgIpc) is 2.76. The van der Waals surface area contributed by atoms with Crippen LogP contribution in [-0.4, -0.2) is 23.6 Å². The lowest BCUT2D eigenvalue weighted by atomic mass is 10.0. The fourth-order valence-corrected chi connectivity index (χ4v) is 3.20. The van der Waals surface area contributed by atoms with Gasteiger partial charge < -0.3 is 9.64 Å². The van der Waals surface area contributed by atoms with Gasteiger partial charge in [-0.3, -0.25) is 14.8 Å². The Kier molecular flexibility index (Phi) is 4.78. The Labute approximate surface area is 161 Å². The van der Waals surface area contributed by atoms with E-state index in [1.165, 1.54) is 12.1 Å². The molecule has 0 fully saturated rings. The Morgan fingerprint density at radius 2 is 1.71 bits per heavy atom. The molecule has 6 nitrogen and oxygen atoms in total. The summed E-state index contributed by atoms with van der Waals surface area (Å²) < 4.78 is 5.46. The Bertz CT molecular complexity index is 1020. The minimum atomic E-state index is -0.645. The van der Waals surface area contributed by atoms with Gasteiger partial charge in [0.1, 0.15) is 5.75 Å². The number of anilines is 1. The van der Waals surface area contributed by atoms with E-state index >= 15 is 0 Å². The van der Waals surface area contributed by atoms with Gasteiger partial charge >= 0.3 is 0 Å².